The minimum absolute atomic E-state index is 0.802. The first kappa shape index (κ1) is 11.3. The number of rotatable bonds is 1. The van der Waals surface area contributed by atoms with Crippen molar-refractivity contribution in [3.05, 3.63) is 66.2 Å². The van der Waals surface area contributed by atoms with Crippen molar-refractivity contribution in [2.75, 3.05) is 0 Å². The van der Waals surface area contributed by atoms with E-state index in [1.165, 1.54) is 21.5 Å². The molecule has 0 aliphatic heterocycles. The van der Waals surface area contributed by atoms with Crippen molar-refractivity contribution in [1.29, 1.82) is 0 Å². The van der Waals surface area contributed by atoms with E-state index < -0.39 is 0 Å². The van der Waals surface area contributed by atoms with Crippen molar-refractivity contribution < 1.29 is 0 Å². The number of halogens is 1. The smallest absolute Gasteiger partial charge is 0.0441 e. The highest BCUT2D eigenvalue weighted by atomic mass is 35.5. The molecular weight excluding hydrogens is 240 g/mol. The predicted octanol–water partition coefficient (Wildman–Crippen LogP) is 5.59. The molecule has 18 heavy (non-hydrogen) atoms. The molecule has 0 saturated heterocycles. The van der Waals surface area contributed by atoms with E-state index in [1.54, 1.807) is 0 Å². The van der Waals surface area contributed by atoms with Crippen molar-refractivity contribution in [2.45, 2.75) is 6.92 Å². The maximum absolute atomic E-state index is 6.28. The number of hydrogen-bond donors (Lipinski definition) is 0. The van der Waals surface area contributed by atoms with E-state index in [9.17, 15) is 0 Å². The Hall–Kier alpha value is -1.79. The normalized spacial score (nSPS) is 12.2. The minimum atomic E-state index is 0.802. The first-order valence-electron chi connectivity index (χ1n) is 6.03. The zero-order valence-corrected chi connectivity index (χ0v) is 10.9. The SMILES string of the molecule is CC=C(Cl)c1cccc2cc3ccccc3cc12. The summed E-state index contributed by atoms with van der Waals surface area (Å²) < 4.78 is 0. The molecular formula is C17H13Cl. The summed E-state index contributed by atoms with van der Waals surface area (Å²) in [5.41, 5.74) is 1.10. The van der Waals surface area contributed by atoms with E-state index in [1.807, 2.05) is 13.0 Å². The molecule has 0 bridgehead atoms. The van der Waals surface area contributed by atoms with Gasteiger partial charge in [0, 0.05) is 10.6 Å². The van der Waals surface area contributed by atoms with Crippen LogP contribution in [-0.2, 0) is 0 Å². The number of allylic oxidation sites excluding steroid dienone is 1. The third-order valence-corrected chi connectivity index (χ3v) is 3.68. The van der Waals surface area contributed by atoms with Crippen LogP contribution in [0.4, 0.5) is 0 Å². The van der Waals surface area contributed by atoms with E-state index >= 15 is 0 Å². The summed E-state index contributed by atoms with van der Waals surface area (Å²) in [5.74, 6) is 0. The zero-order valence-electron chi connectivity index (χ0n) is 10.2. The zero-order chi connectivity index (χ0) is 12.5. The molecule has 3 aromatic rings. The molecule has 0 nitrogen and oxygen atoms in total. The van der Waals surface area contributed by atoms with Crippen LogP contribution in [0.5, 0.6) is 0 Å². The lowest BCUT2D eigenvalue weighted by Crippen LogP contribution is -1.82. The van der Waals surface area contributed by atoms with Crippen molar-refractivity contribution in [1.82, 2.24) is 0 Å². The van der Waals surface area contributed by atoms with Gasteiger partial charge in [0.05, 0.1) is 0 Å². The molecule has 3 aromatic carbocycles. The quantitative estimate of drug-likeness (QED) is 0.495. The second-order valence-electron chi connectivity index (χ2n) is 4.36. The topological polar surface area (TPSA) is 0 Å². The number of benzene rings is 3. The Morgan fingerprint density at radius 3 is 2.28 bits per heavy atom. The van der Waals surface area contributed by atoms with Crippen molar-refractivity contribution in [3.8, 4) is 0 Å². The molecule has 0 heterocycles. The van der Waals surface area contributed by atoms with Gasteiger partial charge in [0.15, 0.2) is 0 Å². The van der Waals surface area contributed by atoms with Crippen molar-refractivity contribution in [3.63, 3.8) is 0 Å². The Labute approximate surface area is 112 Å². The summed E-state index contributed by atoms with van der Waals surface area (Å²) in [5, 5.41) is 5.75. The van der Waals surface area contributed by atoms with Gasteiger partial charge in [-0.25, -0.2) is 0 Å². The Morgan fingerprint density at radius 2 is 1.56 bits per heavy atom. The van der Waals surface area contributed by atoms with Crippen LogP contribution in [0, 0.1) is 0 Å². The maximum Gasteiger partial charge on any atom is 0.0441 e. The lowest BCUT2D eigenvalue weighted by atomic mass is 9.99. The average molecular weight is 253 g/mol. The maximum atomic E-state index is 6.28. The molecule has 1 heteroatoms. The van der Waals surface area contributed by atoms with Crippen LogP contribution >= 0.6 is 11.6 Å². The van der Waals surface area contributed by atoms with E-state index in [2.05, 4.69) is 54.6 Å². The summed E-state index contributed by atoms with van der Waals surface area (Å²) in [7, 11) is 0. The van der Waals surface area contributed by atoms with Crippen LogP contribution in [-0.4, -0.2) is 0 Å². The summed E-state index contributed by atoms with van der Waals surface area (Å²) in [4.78, 5) is 0. The highest BCUT2D eigenvalue weighted by Crippen LogP contribution is 2.30. The van der Waals surface area contributed by atoms with Crippen LogP contribution in [0.3, 0.4) is 0 Å². The van der Waals surface area contributed by atoms with Gasteiger partial charge in [-0.3, -0.25) is 0 Å². The molecule has 0 amide bonds. The fourth-order valence-corrected chi connectivity index (χ4v) is 2.50. The van der Waals surface area contributed by atoms with Gasteiger partial charge in [-0.15, -0.1) is 0 Å². The molecule has 0 unspecified atom stereocenters. The lowest BCUT2D eigenvalue weighted by Gasteiger charge is -2.07. The fraction of sp³-hybridized carbons (Fsp3) is 0.0588. The van der Waals surface area contributed by atoms with Gasteiger partial charge < -0.3 is 0 Å². The monoisotopic (exact) mass is 252 g/mol. The predicted molar refractivity (Wildman–Crippen MR) is 81.0 cm³/mol. The standard InChI is InChI=1S/C17H13Cl/c1-2-17(18)15-9-5-8-14-10-12-6-3-4-7-13(12)11-16(14)15/h2-11H,1H3. The first-order chi connectivity index (χ1) is 8.79. The second kappa shape index (κ2) is 4.47. The van der Waals surface area contributed by atoms with Crippen LogP contribution in [0.2, 0.25) is 0 Å². The summed E-state index contributed by atoms with van der Waals surface area (Å²) >= 11 is 6.28. The fourth-order valence-electron chi connectivity index (χ4n) is 2.33. The van der Waals surface area contributed by atoms with Gasteiger partial charge in [0.2, 0.25) is 0 Å². The van der Waals surface area contributed by atoms with Crippen LogP contribution in [0.1, 0.15) is 12.5 Å². The molecule has 0 aliphatic rings. The molecule has 0 aliphatic carbocycles. The third-order valence-electron chi connectivity index (χ3n) is 3.26. The highest BCUT2D eigenvalue weighted by molar-refractivity contribution is 6.49. The Bertz CT molecular complexity index is 754. The summed E-state index contributed by atoms with van der Waals surface area (Å²) in [6, 6.07) is 19.1. The average Bonchev–Trinajstić information content (AvgIpc) is 2.43. The van der Waals surface area contributed by atoms with Gasteiger partial charge in [0.25, 0.3) is 0 Å². The molecule has 0 aromatic heterocycles. The van der Waals surface area contributed by atoms with Crippen LogP contribution in [0.15, 0.2) is 60.7 Å². The second-order valence-corrected chi connectivity index (χ2v) is 4.77. The number of fused-ring (bicyclic) bond motifs is 2. The van der Waals surface area contributed by atoms with Gasteiger partial charge in [-0.2, -0.15) is 0 Å². The van der Waals surface area contributed by atoms with E-state index in [-0.39, 0.29) is 0 Å². The molecule has 0 N–H and O–H groups in total. The Kier molecular flexibility index (Phi) is 2.81. The summed E-state index contributed by atoms with van der Waals surface area (Å²) in [6.07, 6.45) is 1.94. The van der Waals surface area contributed by atoms with Crippen molar-refractivity contribution >= 4 is 38.2 Å². The first-order valence-corrected chi connectivity index (χ1v) is 6.41. The largest absolute Gasteiger partial charge is 0.0840 e. The minimum Gasteiger partial charge on any atom is -0.0840 e. The van der Waals surface area contributed by atoms with Gasteiger partial charge in [-0.1, -0.05) is 60.1 Å². The van der Waals surface area contributed by atoms with E-state index in [0.29, 0.717) is 0 Å². The highest BCUT2D eigenvalue weighted by Gasteiger charge is 2.04. The molecule has 0 spiro atoms. The lowest BCUT2D eigenvalue weighted by molar-refractivity contribution is 1.69. The van der Waals surface area contributed by atoms with Crippen LogP contribution in [0.25, 0.3) is 26.6 Å². The van der Waals surface area contributed by atoms with Gasteiger partial charge in [-0.05, 0) is 40.6 Å². The number of hydrogen-bond acceptors (Lipinski definition) is 0. The molecule has 0 fully saturated rings. The van der Waals surface area contributed by atoms with Gasteiger partial charge >= 0.3 is 0 Å². The molecule has 0 saturated carbocycles. The van der Waals surface area contributed by atoms with Gasteiger partial charge in [0.1, 0.15) is 0 Å². The molecule has 88 valence electrons. The molecule has 0 atom stereocenters. The summed E-state index contributed by atoms with van der Waals surface area (Å²) in [6.45, 7) is 1.96. The van der Waals surface area contributed by atoms with Crippen LogP contribution < -0.4 is 0 Å². The third kappa shape index (κ3) is 1.79. The Balaban J connectivity index is 2.43. The van der Waals surface area contributed by atoms with E-state index in [0.717, 1.165) is 10.6 Å². The Morgan fingerprint density at radius 1 is 0.889 bits per heavy atom. The van der Waals surface area contributed by atoms with E-state index in [4.69, 9.17) is 11.6 Å². The molecule has 0 radical (unpaired) electrons. The van der Waals surface area contributed by atoms with Crippen molar-refractivity contribution in [2.24, 2.45) is 0 Å². The molecule has 3 rings (SSSR count).